The van der Waals surface area contributed by atoms with E-state index in [0.29, 0.717) is 0 Å². The number of benzene rings is 2. The Hall–Kier alpha value is -0.700. The summed E-state index contributed by atoms with van der Waals surface area (Å²) >= 11 is 0. The molecule has 0 bridgehead atoms. The molecule has 1 fully saturated rings. The van der Waals surface area contributed by atoms with Crippen LogP contribution >= 0.6 is 15.8 Å². The maximum Gasteiger partial charge on any atom is -0.00729 e. The summed E-state index contributed by atoms with van der Waals surface area (Å²) in [5.74, 6) is 0. The van der Waals surface area contributed by atoms with E-state index >= 15 is 0 Å². The molecular weight excluding hydrogens is 278 g/mol. The van der Waals surface area contributed by atoms with E-state index in [-0.39, 0.29) is 15.8 Å². The molecule has 0 amide bonds. The van der Waals surface area contributed by atoms with Crippen molar-refractivity contribution in [2.75, 3.05) is 24.6 Å². The first-order valence-corrected chi connectivity index (χ1v) is 11.2. The van der Waals surface area contributed by atoms with E-state index in [1.54, 1.807) is 11.1 Å². The van der Waals surface area contributed by atoms with Crippen LogP contribution in [0.2, 0.25) is 0 Å². The topological polar surface area (TPSA) is 0 Å². The van der Waals surface area contributed by atoms with Crippen molar-refractivity contribution in [3.05, 3.63) is 71.8 Å². The molecule has 104 valence electrons. The average molecular weight is 300 g/mol. The molecule has 1 aliphatic heterocycles. The lowest BCUT2D eigenvalue weighted by Gasteiger charge is -2.29. The lowest BCUT2D eigenvalue weighted by atomic mass is 10.2. The van der Waals surface area contributed by atoms with Crippen LogP contribution in [-0.4, -0.2) is 24.6 Å². The smallest absolute Gasteiger partial charge is 0.00729 e. The normalized spacial score (nSPS) is 22.6. The fourth-order valence-corrected chi connectivity index (χ4v) is 9.85. The highest BCUT2D eigenvalue weighted by molar-refractivity contribution is 7.64. The van der Waals surface area contributed by atoms with Crippen LogP contribution < -0.4 is 0 Å². The van der Waals surface area contributed by atoms with Crippen molar-refractivity contribution < 1.29 is 0 Å². The van der Waals surface area contributed by atoms with Crippen LogP contribution in [-0.2, 0) is 12.3 Å². The molecule has 0 atom stereocenters. The molecular formula is C18H22P2. The highest BCUT2D eigenvalue weighted by Crippen LogP contribution is 2.53. The molecule has 0 N–H and O–H groups in total. The zero-order chi connectivity index (χ0) is 13.6. The first-order chi connectivity index (χ1) is 9.90. The molecule has 0 spiro atoms. The van der Waals surface area contributed by atoms with Gasteiger partial charge in [0.05, 0.1) is 0 Å². The largest absolute Gasteiger partial charge is 0.102 e. The molecule has 20 heavy (non-hydrogen) atoms. The Morgan fingerprint density at radius 3 is 1.25 bits per heavy atom. The van der Waals surface area contributed by atoms with Gasteiger partial charge in [-0.2, -0.15) is 0 Å². The fraction of sp³-hybridized carbons (Fsp3) is 0.333. The molecule has 1 heterocycles. The summed E-state index contributed by atoms with van der Waals surface area (Å²) in [6.45, 7) is 0. The standard InChI is InChI=1S/C18H22P2/c1-3-7-17(8-4-1)15-19-11-13-20(14-12-19)16-18-9-5-2-6-10-18/h1-10H,11-16H2. The van der Waals surface area contributed by atoms with Gasteiger partial charge in [-0.15, -0.1) is 15.8 Å². The summed E-state index contributed by atoms with van der Waals surface area (Å²) in [4.78, 5) is 0. The van der Waals surface area contributed by atoms with Crippen LogP contribution in [0.25, 0.3) is 0 Å². The summed E-state index contributed by atoms with van der Waals surface area (Å²) in [5.41, 5.74) is 3.10. The Morgan fingerprint density at radius 1 is 0.550 bits per heavy atom. The third kappa shape index (κ3) is 4.15. The molecule has 2 heteroatoms. The van der Waals surface area contributed by atoms with Gasteiger partial charge in [0.2, 0.25) is 0 Å². The summed E-state index contributed by atoms with van der Waals surface area (Å²) < 4.78 is 0. The van der Waals surface area contributed by atoms with Crippen molar-refractivity contribution in [1.82, 2.24) is 0 Å². The van der Waals surface area contributed by atoms with Crippen molar-refractivity contribution in [3.8, 4) is 0 Å². The van der Waals surface area contributed by atoms with Gasteiger partial charge >= 0.3 is 0 Å². The summed E-state index contributed by atoms with van der Waals surface area (Å²) in [7, 11) is 0.534. The third-order valence-corrected chi connectivity index (χ3v) is 9.72. The quantitative estimate of drug-likeness (QED) is 0.666. The zero-order valence-electron chi connectivity index (χ0n) is 11.9. The second-order valence-corrected chi connectivity index (χ2v) is 10.6. The van der Waals surface area contributed by atoms with Crippen molar-refractivity contribution in [3.63, 3.8) is 0 Å². The highest BCUT2D eigenvalue weighted by Gasteiger charge is 2.20. The average Bonchev–Trinajstić information content (AvgIpc) is 2.51. The molecule has 0 unspecified atom stereocenters. The monoisotopic (exact) mass is 300 g/mol. The van der Waals surface area contributed by atoms with Gasteiger partial charge in [0.15, 0.2) is 0 Å². The van der Waals surface area contributed by atoms with E-state index in [1.807, 2.05) is 0 Å². The zero-order valence-corrected chi connectivity index (χ0v) is 13.7. The first kappa shape index (κ1) is 14.2. The maximum atomic E-state index is 2.30. The van der Waals surface area contributed by atoms with Crippen LogP contribution in [0.1, 0.15) is 11.1 Å². The molecule has 2 aromatic rings. The Balaban J connectivity index is 1.47. The Labute approximate surface area is 125 Å². The van der Waals surface area contributed by atoms with E-state index < -0.39 is 0 Å². The fourth-order valence-electron chi connectivity index (χ4n) is 2.79. The highest BCUT2D eigenvalue weighted by atomic mass is 31.1. The molecule has 0 aromatic heterocycles. The number of hydrogen-bond donors (Lipinski definition) is 0. The van der Waals surface area contributed by atoms with E-state index in [1.165, 1.54) is 37.0 Å². The predicted molar refractivity (Wildman–Crippen MR) is 93.6 cm³/mol. The minimum Gasteiger partial charge on any atom is -0.102 e. The van der Waals surface area contributed by atoms with Crippen LogP contribution in [0.5, 0.6) is 0 Å². The van der Waals surface area contributed by atoms with Gasteiger partial charge in [0.25, 0.3) is 0 Å². The molecule has 1 saturated heterocycles. The Morgan fingerprint density at radius 2 is 0.900 bits per heavy atom. The molecule has 3 rings (SSSR count). The minimum absolute atomic E-state index is 0.267. The lowest BCUT2D eigenvalue weighted by Crippen LogP contribution is -2.10. The van der Waals surface area contributed by atoms with E-state index in [4.69, 9.17) is 0 Å². The molecule has 0 aliphatic carbocycles. The molecule has 0 saturated carbocycles. The summed E-state index contributed by atoms with van der Waals surface area (Å²) in [5, 5.41) is 0. The first-order valence-electron chi connectivity index (χ1n) is 7.43. The van der Waals surface area contributed by atoms with Crippen LogP contribution in [0.3, 0.4) is 0 Å². The number of hydrogen-bond acceptors (Lipinski definition) is 0. The van der Waals surface area contributed by atoms with E-state index in [2.05, 4.69) is 60.7 Å². The second-order valence-electron chi connectivity index (χ2n) is 5.52. The second kappa shape index (κ2) is 7.35. The van der Waals surface area contributed by atoms with Crippen molar-refractivity contribution in [1.29, 1.82) is 0 Å². The molecule has 0 radical (unpaired) electrons. The molecule has 1 aliphatic rings. The Bertz CT molecular complexity index is 452. The molecule has 0 nitrogen and oxygen atoms in total. The van der Waals surface area contributed by atoms with Gasteiger partial charge in [-0.3, -0.25) is 0 Å². The summed E-state index contributed by atoms with van der Waals surface area (Å²) in [6.07, 6.45) is 8.71. The maximum absolute atomic E-state index is 2.30. The van der Waals surface area contributed by atoms with Crippen LogP contribution in [0.15, 0.2) is 60.7 Å². The van der Waals surface area contributed by atoms with Crippen molar-refractivity contribution in [2.24, 2.45) is 0 Å². The van der Waals surface area contributed by atoms with Crippen LogP contribution in [0.4, 0.5) is 0 Å². The Kier molecular flexibility index (Phi) is 5.23. The summed E-state index contributed by atoms with van der Waals surface area (Å²) in [6, 6.07) is 22.1. The van der Waals surface area contributed by atoms with E-state index in [9.17, 15) is 0 Å². The third-order valence-electron chi connectivity index (χ3n) is 3.96. The SMILES string of the molecule is c1ccc(CP2CCP(Cc3ccccc3)CC2)cc1. The van der Waals surface area contributed by atoms with Gasteiger partial charge in [-0.25, -0.2) is 0 Å². The minimum atomic E-state index is 0.267. The van der Waals surface area contributed by atoms with Gasteiger partial charge in [0, 0.05) is 0 Å². The van der Waals surface area contributed by atoms with Crippen molar-refractivity contribution in [2.45, 2.75) is 12.3 Å². The van der Waals surface area contributed by atoms with Crippen molar-refractivity contribution >= 4 is 15.8 Å². The lowest BCUT2D eigenvalue weighted by molar-refractivity contribution is 1.24. The number of rotatable bonds is 4. The van der Waals surface area contributed by atoms with E-state index in [0.717, 1.165) is 0 Å². The van der Waals surface area contributed by atoms with Gasteiger partial charge < -0.3 is 0 Å². The van der Waals surface area contributed by atoms with Gasteiger partial charge in [-0.1, -0.05) is 60.7 Å². The van der Waals surface area contributed by atoms with Gasteiger partial charge in [-0.05, 0) is 48.1 Å². The molecule has 2 aromatic carbocycles. The van der Waals surface area contributed by atoms with Gasteiger partial charge in [0.1, 0.15) is 0 Å². The van der Waals surface area contributed by atoms with Crippen LogP contribution in [0, 0.1) is 0 Å². The predicted octanol–water partition coefficient (Wildman–Crippen LogP) is 5.36.